The Hall–Kier alpha value is -1.26. The number of halogens is 1. The van der Waals surface area contributed by atoms with Gasteiger partial charge in [0.2, 0.25) is 5.91 Å². The minimum absolute atomic E-state index is 0.115. The van der Waals surface area contributed by atoms with Gasteiger partial charge in [0.1, 0.15) is 5.75 Å². The van der Waals surface area contributed by atoms with Gasteiger partial charge in [-0.3, -0.25) is 4.79 Å². The molecule has 1 saturated heterocycles. The number of benzene rings is 1. The highest BCUT2D eigenvalue weighted by atomic mass is 35.5. The van der Waals surface area contributed by atoms with Crippen molar-refractivity contribution < 1.29 is 9.90 Å². The quantitative estimate of drug-likeness (QED) is 0.890. The van der Waals surface area contributed by atoms with Crippen molar-refractivity contribution in [2.24, 2.45) is 0 Å². The molecule has 0 aromatic heterocycles. The molecule has 19 heavy (non-hydrogen) atoms. The fraction of sp³-hybridized carbons (Fsp3) is 0.500. The number of nitrogens with zero attached hydrogens (tertiary/aromatic N) is 1. The summed E-state index contributed by atoms with van der Waals surface area (Å²) in [5, 5.41) is 13.4. The zero-order valence-electron chi connectivity index (χ0n) is 11.0. The summed E-state index contributed by atoms with van der Waals surface area (Å²) >= 11 is 6.02. The van der Waals surface area contributed by atoms with Crippen molar-refractivity contribution in [1.29, 1.82) is 0 Å². The molecule has 0 radical (unpaired) electrons. The van der Waals surface area contributed by atoms with Gasteiger partial charge in [-0.15, -0.1) is 0 Å². The molecule has 0 spiro atoms. The number of rotatable bonds is 4. The highest BCUT2D eigenvalue weighted by molar-refractivity contribution is 6.31. The van der Waals surface area contributed by atoms with Crippen LogP contribution in [0.4, 0.5) is 0 Å². The van der Waals surface area contributed by atoms with Crippen LogP contribution in [0.5, 0.6) is 5.75 Å². The van der Waals surface area contributed by atoms with E-state index in [9.17, 15) is 9.90 Å². The number of hydrogen-bond acceptors (Lipinski definition) is 3. The molecule has 1 aromatic rings. The SMILES string of the molecule is CC(NCc1c(O)cccc1Cl)C(=O)N1CCCC1. The molecule has 2 rings (SSSR count). The maximum atomic E-state index is 12.1. The van der Waals surface area contributed by atoms with Crippen LogP contribution in [0, 0.1) is 0 Å². The van der Waals surface area contributed by atoms with Gasteiger partial charge in [-0.25, -0.2) is 0 Å². The molecular formula is C14H19ClN2O2. The molecule has 0 aliphatic carbocycles. The van der Waals surface area contributed by atoms with Gasteiger partial charge in [0.25, 0.3) is 0 Å². The lowest BCUT2D eigenvalue weighted by atomic mass is 10.2. The number of hydrogen-bond donors (Lipinski definition) is 2. The molecule has 1 fully saturated rings. The summed E-state index contributed by atoms with van der Waals surface area (Å²) in [6, 6.07) is 4.75. The van der Waals surface area contributed by atoms with Crippen LogP contribution in [0.3, 0.4) is 0 Å². The van der Waals surface area contributed by atoms with Crippen molar-refractivity contribution in [3.63, 3.8) is 0 Å². The van der Waals surface area contributed by atoms with E-state index in [1.54, 1.807) is 18.2 Å². The molecule has 104 valence electrons. The van der Waals surface area contributed by atoms with Crippen molar-refractivity contribution in [2.45, 2.75) is 32.4 Å². The predicted molar refractivity (Wildman–Crippen MR) is 75.2 cm³/mol. The monoisotopic (exact) mass is 282 g/mol. The second kappa shape index (κ2) is 6.26. The molecule has 1 atom stereocenters. The Morgan fingerprint density at radius 1 is 1.47 bits per heavy atom. The summed E-state index contributed by atoms with van der Waals surface area (Å²) in [4.78, 5) is 14.0. The first-order valence-electron chi connectivity index (χ1n) is 6.58. The highest BCUT2D eigenvalue weighted by Gasteiger charge is 2.23. The van der Waals surface area contributed by atoms with Gasteiger partial charge in [-0.1, -0.05) is 17.7 Å². The first-order valence-corrected chi connectivity index (χ1v) is 6.96. The molecule has 1 amide bonds. The Balaban J connectivity index is 1.92. The summed E-state index contributed by atoms with van der Waals surface area (Å²) in [7, 11) is 0. The smallest absolute Gasteiger partial charge is 0.239 e. The van der Waals surface area contributed by atoms with Gasteiger partial charge in [0.15, 0.2) is 0 Å². The van der Waals surface area contributed by atoms with E-state index in [1.807, 2.05) is 11.8 Å². The third kappa shape index (κ3) is 3.39. The number of carbonyl (C=O) groups is 1. The average molecular weight is 283 g/mol. The van der Waals surface area contributed by atoms with Gasteiger partial charge < -0.3 is 15.3 Å². The lowest BCUT2D eigenvalue weighted by Gasteiger charge is -2.21. The number of nitrogens with one attached hydrogen (secondary N) is 1. The second-order valence-electron chi connectivity index (χ2n) is 4.87. The second-order valence-corrected chi connectivity index (χ2v) is 5.28. The maximum absolute atomic E-state index is 12.1. The number of carbonyl (C=O) groups excluding carboxylic acids is 1. The molecule has 0 saturated carbocycles. The van der Waals surface area contributed by atoms with E-state index in [2.05, 4.69) is 5.32 Å². The maximum Gasteiger partial charge on any atom is 0.239 e. The van der Waals surface area contributed by atoms with Crippen LogP contribution in [-0.2, 0) is 11.3 Å². The van der Waals surface area contributed by atoms with Crippen LogP contribution in [0.15, 0.2) is 18.2 Å². The summed E-state index contributed by atoms with van der Waals surface area (Å²) in [6.07, 6.45) is 2.17. The molecule has 1 aromatic carbocycles. The van der Waals surface area contributed by atoms with Crippen molar-refractivity contribution in [1.82, 2.24) is 10.2 Å². The largest absolute Gasteiger partial charge is 0.508 e. The Bertz CT molecular complexity index is 439. The topological polar surface area (TPSA) is 52.6 Å². The molecule has 0 bridgehead atoms. The Kier molecular flexibility index (Phi) is 4.66. The highest BCUT2D eigenvalue weighted by Crippen LogP contribution is 2.25. The van der Waals surface area contributed by atoms with E-state index in [-0.39, 0.29) is 17.7 Å². The number of aromatic hydroxyl groups is 1. The fourth-order valence-electron chi connectivity index (χ4n) is 2.28. The first kappa shape index (κ1) is 14.2. The van der Waals surface area contributed by atoms with Gasteiger partial charge in [0.05, 0.1) is 6.04 Å². The molecule has 5 heteroatoms. The zero-order chi connectivity index (χ0) is 13.8. The van der Waals surface area contributed by atoms with Crippen LogP contribution in [0.25, 0.3) is 0 Å². The normalized spacial score (nSPS) is 16.6. The van der Waals surface area contributed by atoms with E-state index in [4.69, 9.17) is 11.6 Å². The van der Waals surface area contributed by atoms with E-state index in [1.165, 1.54) is 0 Å². The molecule has 2 N–H and O–H groups in total. The van der Waals surface area contributed by atoms with Crippen LogP contribution < -0.4 is 5.32 Å². The zero-order valence-corrected chi connectivity index (χ0v) is 11.8. The third-order valence-corrected chi connectivity index (χ3v) is 3.82. The standard InChI is InChI=1S/C14H19ClN2O2/c1-10(14(19)17-7-2-3-8-17)16-9-11-12(15)5-4-6-13(11)18/h4-6,10,16,18H,2-3,7-9H2,1H3. The van der Waals surface area contributed by atoms with Crippen molar-refractivity contribution in [3.05, 3.63) is 28.8 Å². The number of amides is 1. The van der Waals surface area contributed by atoms with Gasteiger partial charge in [0, 0.05) is 30.2 Å². The minimum atomic E-state index is -0.270. The van der Waals surface area contributed by atoms with Gasteiger partial charge in [-0.05, 0) is 31.9 Å². The molecule has 4 nitrogen and oxygen atoms in total. The predicted octanol–water partition coefficient (Wildman–Crippen LogP) is 2.15. The molecular weight excluding hydrogens is 264 g/mol. The number of phenols is 1. The molecule has 1 heterocycles. The van der Waals surface area contributed by atoms with Crippen LogP contribution in [0.2, 0.25) is 5.02 Å². The van der Waals surface area contributed by atoms with Gasteiger partial charge >= 0.3 is 0 Å². The summed E-state index contributed by atoms with van der Waals surface area (Å²) in [5.74, 6) is 0.268. The summed E-state index contributed by atoms with van der Waals surface area (Å²) < 4.78 is 0. The summed E-state index contributed by atoms with van der Waals surface area (Å²) in [6.45, 7) is 3.92. The van der Waals surface area contributed by atoms with Crippen molar-refractivity contribution >= 4 is 17.5 Å². The Labute approximate surface area is 118 Å². The van der Waals surface area contributed by atoms with E-state index < -0.39 is 0 Å². The number of phenolic OH excluding ortho intramolecular Hbond substituents is 1. The Morgan fingerprint density at radius 3 is 2.79 bits per heavy atom. The molecule has 1 aliphatic rings. The van der Waals surface area contributed by atoms with E-state index >= 15 is 0 Å². The van der Waals surface area contributed by atoms with Crippen molar-refractivity contribution in [2.75, 3.05) is 13.1 Å². The van der Waals surface area contributed by atoms with E-state index in [0.29, 0.717) is 17.1 Å². The third-order valence-electron chi connectivity index (χ3n) is 3.47. The van der Waals surface area contributed by atoms with E-state index in [0.717, 1.165) is 25.9 Å². The fourth-order valence-corrected chi connectivity index (χ4v) is 2.51. The molecule has 1 unspecified atom stereocenters. The van der Waals surface area contributed by atoms with Crippen LogP contribution >= 0.6 is 11.6 Å². The number of likely N-dealkylation sites (tertiary alicyclic amines) is 1. The lowest BCUT2D eigenvalue weighted by Crippen LogP contribution is -2.43. The summed E-state index contributed by atoms with van der Waals surface area (Å²) in [5.41, 5.74) is 0.630. The van der Waals surface area contributed by atoms with Crippen molar-refractivity contribution in [3.8, 4) is 5.75 Å². The van der Waals surface area contributed by atoms with Gasteiger partial charge in [-0.2, -0.15) is 0 Å². The minimum Gasteiger partial charge on any atom is -0.508 e. The lowest BCUT2D eigenvalue weighted by molar-refractivity contribution is -0.131. The van der Waals surface area contributed by atoms with Crippen LogP contribution in [0.1, 0.15) is 25.3 Å². The first-order chi connectivity index (χ1) is 9.09. The van der Waals surface area contributed by atoms with Crippen LogP contribution in [-0.4, -0.2) is 35.0 Å². The Morgan fingerprint density at radius 2 is 2.16 bits per heavy atom. The molecule has 1 aliphatic heterocycles. The average Bonchev–Trinajstić information content (AvgIpc) is 2.90.